The average Bonchev–Trinajstić information content (AvgIpc) is 2.71. The van der Waals surface area contributed by atoms with E-state index in [1.54, 1.807) is 20.2 Å². The number of benzene rings is 1. The molecule has 0 unspecified atom stereocenters. The van der Waals surface area contributed by atoms with E-state index in [9.17, 15) is 9.59 Å². The Morgan fingerprint density at radius 1 is 0.778 bits per heavy atom. The molecule has 0 saturated carbocycles. The first-order chi connectivity index (χ1) is 8.43. The lowest BCUT2D eigenvalue weighted by Gasteiger charge is -2.09. The van der Waals surface area contributed by atoms with Gasteiger partial charge in [-0.05, 0) is 12.1 Å². The Morgan fingerprint density at radius 3 is 1.50 bits per heavy atom. The normalized spacial score (nSPS) is 17.7. The fourth-order valence-corrected chi connectivity index (χ4v) is 2.40. The van der Waals surface area contributed by atoms with Crippen LogP contribution in [0.5, 0.6) is 0 Å². The summed E-state index contributed by atoms with van der Waals surface area (Å²) in [5.41, 5.74) is 3.96. The number of nitrogens with zero attached hydrogens (tertiary/aromatic N) is 2. The van der Waals surface area contributed by atoms with Crippen LogP contribution in [0.3, 0.4) is 0 Å². The zero-order valence-corrected chi connectivity index (χ0v) is 10.3. The maximum atomic E-state index is 12.0. The maximum Gasteiger partial charge on any atom is 0.258 e. The highest BCUT2D eigenvalue weighted by atomic mass is 16.2. The Morgan fingerprint density at radius 2 is 1.11 bits per heavy atom. The Balaban J connectivity index is 2.30. The minimum absolute atomic E-state index is 0.120. The van der Waals surface area contributed by atoms with E-state index < -0.39 is 0 Å². The maximum absolute atomic E-state index is 12.0. The molecule has 2 aliphatic heterocycles. The Kier molecular flexibility index (Phi) is 1.86. The Hall–Kier alpha value is -2.36. The predicted octanol–water partition coefficient (Wildman–Crippen LogP) is 1.80. The number of amides is 2. The van der Waals surface area contributed by atoms with E-state index >= 15 is 0 Å². The van der Waals surface area contributed by atoms with Crippen molar-refractivity contribution in [1.29, 1.82) is 0 Å². The fourth-order valence-electron chi connectivity index (χ4n) is 2.40. The van der Waals surface area contributed by atoms with Gasteiger partial charge in [0.05, 0.1) is 11.1 Å². The lowest BCUT2D eigenvalue weighted by molar-refractivity contribution is 0.0873. The van der Waals surface area contributed by atoms with Crippen LogP contribution in [0.4, 0.5) is 0 Å². The van der Waals surface area contributed by atoms with E-state index in [4.69, 9.17) is 0 Å². The zero-order chi connectivity index (χ0) is 13.2. The quantitative estimate of drug-likeness (QED) is 0.693. The molecule has 0 saturated heterocycles. The first-order valence-electron chi connectivity index (χ1n) is 5.56. The highest BCUT2D eigenvalue weighted by Crippen LogP contribution is 2.38. The molecule has 1 aromatic carbocycles. The summed E-state index contributed by atoms with van der Waals surface area (Å²) in [6, 6.07) is 3.48. The van der Waals surface area contributed by atoms with Gasteiger partial charge in [0.2, 0.25) is 0 Å². The molecule has 0 aliphatic carbocycles. The van der Waals surface area contributed by atoms with E-state index in [0.29, 0.717) is 22.5 Å². The minimum Gasteiger partial charge on any atom is -0.311 e. The fraction of sp³-hybridized carbons (Fsp3) is 0.143. The second-order valence-corrected chi connectivity index (χ2v) is 4.57. The molecule has 0 bridgehead atoms. The highest BCUT2D eigenvalue weighted by molar-refractivity contribution is 6.14. The van der Waals surface area contributed by atoms with E-state index in [-0.39, 0.29) is 11.8 Å². The lowest BCUT2D eigenvalue weighted by atomic mass is 9.99. The molecule has 0 aromatic heterocycles. The van der Waals surface area contributed by atoms with Crippen LogP contribution in [0.1, 0.15) is 31.8 Å². The molecular formula is C14H12N2O2. The molecular weight excluding hydrogens is 228 g/mol. The number of carbonyl (C=O) groups excluding carboxylic acids is 2. The zero-order valence-electron chi connectivity index (χ0n) is 10.3. The second kappa shape index (κ2) is 3.10. The molecule has 90 valence electrons. The number of carbonyl (C=O) groups is 2. The van der Waals surface area contributed by atoms with Gasteiger partial charge < -0.3 is 9.80 Å². The molecule has 0 radical (unpaired) electrons. The van der Waals surface area contributed by atoms with Crippen molar-refractivity contribution in [3.8, 4) is 0 Å². The van der Waals surface area contributed by atoms with Gasteiger partial charge in [-0.1, -0.05) is 13.2 Å². The topological polar surface area (TPSA) is 40.6 Å². The van der Waals surface area contributed by atoms with Crippen LogP contribution in [0.15, 0.2) is 25.3 Å². The molecule has 4 heteroatoms. The number of hydrogen-bond donors (Lipinski definition) is 0. The van der Waals surface area contributed by atoms with Gasteiger partial charge in [-0.2, -0.15) is 0 Å². The third-order valence-corrected chi connectivity index (χ3v) is 3.66. The molecule has 2 aliphatic rings. The molecule has 4 nitrogen and oxygen atoms in total. The van der Waals surface area contributed by atoms with E-state index in [0.717, 1.165) is 11.1 Å². The number of rotatable bonds is 0. The summed E-state index contributed by atoms with van der Waals surface area (Å²) in [5.74, 6) is -0.239. The summed E-state index contributed by atoms with van der Waals surface area (Å²) in [7, 11) is 3.36. The van der Waals surface area contributed by atoms with Crippen LogP contribution in [0, 0.1) is 0 Å². The van der Waals surface area contributed by atoms with Gasteiger partial charge in [-0.15, -0.1) is 0 Å². The van der Waals surface area contributed by atoms with Crippen LogP contribution in [-0.2, 0) is 0 Å². The van der Waals surface area contributed by atoms with Crippen molar-refractivity contribution in [2.45, 2.75) is 0 Å². The van der Waals surface area contributed by atoms with Crippen LogP contribution in [0.2, 0.25) is 0 Å². The molecule has 0 N–H and O–H groups in total. The van der Waals surface area contributed by atoms with Crippen molar-refractivity contribution in [3.63, 3.8) is 0 Å². The van der Waals surface area contributed by atoms with Crippen LogP contribution in [-0.4, -0.2) is 35.7 Å². The van der Waals surface area contributed by atoms with Gasteiger partial charge in [0, 0.05) is 36.6 Å². The highest BCUT2D eigenvalue weighted by Gasteiger charge is 2.35. The molecule has 18 heavy (non-hydrogen) atoms. The standard InChI is InChI=1S/C14H12N2O2/c1-7-9-5-10-8(2)16(4)14(18)12(10)6-11(9)13(17)15(7)3/h5-6H,1-2H2,3-4H3. The lowest BCUT2D eigenvalue weighted by Crippen LogP contribution is -2.18. The molecule has 0 atom stereocenters. The molecule has 0 spiro atoms. The van der Waals surface area contributed by atoms with Crippen LogP contribution in [0.25, 0.3) is 11.4 Å². The van der Waals surface area contributed by atoms with Crippen molar-refractivity contribution in [1.82, 2.24) is 9.80 Å². The smallest absolute Gasteiger partial charge is 0.258 e. The first kappa shape index (κ1) is 10.8. The van der Waals surface area contributed by atoms with Gasteiger partial charge in [0.1, 0.15) is 0 Å². The third kappa shape index (κ3) is 1.05. The first-order valence-corrected chi connectivity index (χ1v) is 5.56. The molecule has 1 aromatic rings. The largest absolute Gasteiger partial charge is 0.311 e. The van der Waals surface area contributed by atoms with E-state index in [1.807, 2.05) is 6.07 Å². The van der Waals surface area contributed by atoms with Gasteiger partial charge in [-0.25, -0.2) is 0 Å². The van der Waals surface area contributed by atoms with E-state index in [1.165, 1.54) is 9.80 Å². The SMILES string of the molecule is C=C1c2cc3c(cc2C(=O)N1C)C(=O)N(C)C3=C. The Labute approximate surface area is 105 Å². The predicted molar refractivity (Wildman–Crippen MR) is 68.7 cm³/mol. The monoisotopic (exact) mass is 240 g/mol. The van der Waals surface area contributed by atoms with Crippen molar-refractivity contribution >= 4 is 23.2 Å². The van der Waals surface area contributed by atoms with Crippen LogP contribution >= 0.6 is 0 Å². The molecule has 0 fully saturated rings. The second-order valence-electron chi connectivity index (χ2n) is 4.57. The van der Waals surface area contributed by atoms with Crippen LogP contribution < -0.4 is 0 Å². The summed E-state index contributed by atoms with van der Waals surface area (Å²) < 4.78 is 0. The van der Waals surface area contributed by atoms with Crippen molar-refractivity contribution in [2.75, 3.05) is 14.1 Å². The van der Waals surface area contributed by atoms with Crippen molar-refractivity contribution in [3.05, 3.63) is 47.5 Å². The molecule has 3 rings (SSSR count). The summed E-state index contributed by atoms with van der Waals surface area (Å²) in [6.07, 6.45) is 0. The Bertz CT molecular complexity index is 550. The number of hydrogen-bond acceptors (Lipinski definition) is 2. The third-order valence-electron chi connectivity index (χ3n) is 3.66. The molecule has 2 heterocycles. The van der Waals surface area contributed by atoms with Gasteiger partial charge >= 0.3 is 0 Å². The molecule has 2 amide bonds. The summed E-state index contributed by atoms with van der Waals surface area (Å²) in [4.78, 5) is 27.0. The van der Waals surface area contributed by atoms with Gasteiger partial charge in [0.25, 0.3) is 11.8 Å². The van der Waals surface area contributed by atoms with Gasteiger partial charge in [0.15, 0.2) is 0 Å². The minimum atomic E-state index is -0.120. The van der Waals surface area contributed by atoms with Gasteiger partial charge in [-0.3, -0.25) is 9.59 Å². The summed E-state index contributed by atoms with van der Waals surface area (Å²) in [6.45, 7) is 7.78. The van der Waals surface area contributed by atoms with E-state index in [2.05, 4.69) is 13.2 Å². The number of fused-ring (bicyclic) bond motifs is 2. The van der Waals surface area contributed by atoms with Crippen molar-refractivity contribution in [2.24, 2.45) is 0 Å². The van der Waals surface area contributed by atoms with Crippen molar-refractivity contribution < 1.29 is 9.59 Å². The average molecular weight is 240 g/mol. The summed E-state index contributed by atoms with van der Waals surface area (Å²) >= 11 is 0. The summed E-state index contributed by atoms with van der Waals surface area (Å²) in [5, 5.41) is 0.